The Bertz CT molecular complexity index is 553. The molecule has 6 heteroatoms. The highest BCUT2D eigenvalue weighted by Crippen LogP contribution is 2.19. The molecule has 0 saturated heterocycles. The molecule has 6 nitrogen and oxygen atoms in total. The Hall–Kier alpha value is -2.34. The zero-order chi connectivity index (χ0) is 15.8. The number of carbonyl (C=O) groups excluding carboxylic acids is 1. The van der Waals surface area contributed by atoms with Crippen LogP contribution in [0, 0.1) is 0 Å². The Labute approximate surface area is 129 Å². The number of para-hydroxylation sites is 1. The first-order valence-electron chi connectivity index (χ1n) is 6.95. The molecule has 2 rings (SSSR count). The Morgan fingerprint density at radius 3 is 2.77 bits per heavy atom. The fraction of sp³-hybridized carbons (Fsp3) is 0.375. The number of rotatable bonds is 6. The largest absolute Gasteiger partial charge is 0.491 e. The summed E-state index contributed by atoms with van der Waals surface area (Å²) in [5, 5.41) is 3.76. The van der Waals surface area contributed by atoms with Crippen molar-refractivity contribution in [2.45, 2.75) is 12.5 Å². The summed E-state index contributed by atoms with van der Waals surface area (Å²) in [5.74, 6) is 0.169. The minimum Gasteiger partial charge on any atom is -0.491 e. The Balaban J connectivity index is 2.12. The number of benzene rings is 1. The van der Waals surface area contributed by atoms with Crippen molar-refractivity contribution < 1.29 is 23.8 Å². The zero-order valence-electron chi connectivity index (χ0n) is 12.7. The van der Waals surface area contributed by atoms with Crippen molar-refractivity contribution in [2.24, 2.45) is 5.16 Å². The van der Waals surface area contributed by atoms with Gasteiger partial charge in [0.25, 0.3) is 0 Å². The third-order valence-corrected chi connectivity index (χ3v) is 3.13. The van der Waals surface area contributed by atoms with E-state index < -0.39 is 12.1 Å². The molecule has 0 aliphatic carbocycles. The van der Waals surface area contributed by atoms with Crippen LogP contribution in [-0.4, -0.2) is 45.2 Å². The summed E-state index contributed by atoms with van der Waals surface area (Å²) in [5.41, 5.74) is 0.724. The summed E-state index contributed by atoms with van der Waals surface area (Å²) in [6.45, 7) is 0.837. The van der Waals surface area contributed by atoms with E-state index in [2.05, 4.69) is 5.16 Å². The molecule has 0 saturated carbocycles. The number of carbonyl (C=O) groups is 1. The Morgan fingerprint density at radius 2 is 2.09 bits per heavy atom. The average molecular weight is 305 g/mol. The predicted octanol–water partition coefficient (Wildman–Crippen LogP) is 1.96. The van der Waals surface area contributed by atoms with E-state index in [-0.39, 0.29) is 12.3 Å². The fourth-order valence-electron chi connectivity index (χ4n) is 2.12. The lowest BCUT2D eigenvalue weighted by atomic mass is 10.0. The van der Waals surface area contributed by atoms with Gasteiger partial charge in [0.15, 0.2) is 5.71 Å². The third-order valence-electron chi connectivity index (χ3n) is 3.13. The number of ether oxygens (including phenoxy) is 3. The van der Waals surface area contributed by atoms with Crippen LogP contribution in [0.3, 0.4) is 0 Å². The van der Waals surface area contributed by atoms with Crippen LogP contribution in [0.5, 0.6) is 5.75 Å². The first-order valence-corrected chi connectivity index (χ1v) is 6.95. The first-order chi connectivity index (χ1) is 10.8. The van der Waals surface area contributed by atoms with E-state index in [0.29, 0.717) is 18.6 Å². The molecule has 0 fully saturated rings. The maximum atomic E-state index is 11.9. The van der Waals surface area contributed by atoms with Crippen molar-refractivity contribution >= 4 is 11.7 Å². The van der Waals surface area contributed by atoms with Crippen LogP contribution >= 0.6 is 0 Å². The predicted molar refractivity (Wildman–Crippen MR) is 80.8 cm³/mol. The number of oxime groups is 1. The maximum Gasteiger partial charge on any atom is 0.360 e. The highest BCUT2D eigenvalue weighted by atomic mass is 16.6. The van der Waals surface area contributed by atoms with Crippen molar-refractivity contribution in [3.05, 3.63) is 42.0 Å². The molecule has 1 aromatic carbocycles. The van der Waals surface area contributed by atoms with Crippen LogP contribution in [0.2, 0.25) is 0 Å². The third kappa shape index (κ3) is 4.08. The number of esters is 1. The molecule has 0 spiro atoms. The second-order valence-electron chi connectivity index (χ2n) is 4.55. The van der Waals surface area contributed by atoms with Gasteiger partial charge in [0, 0.05) is 5.57 Å². The molecule has 1 heterocycles. The molecule has 1 unspecified atom stereocenters. The first kappa shape index (κ1) is 16.0. The number of hydrogen-bond donors (Lipinski definition) is 0. The van der Waals surface area contributed by atoms with Crippen molar-refractivity contribution in [3.8, 4) is 5.75 Å². The number of hydrogen-bond acceptors (Lipinski definition) is 6. The lowest BCUT2D eigenvalue weighted by Crippen LogP contribution is -2.34. The molecule has 0 bridgehead atoms. The summed E-state index contributed by atoms with van der Waals surface area (Å²) in [4.78, 5) is 16.6. The minimum absolute atomic E-state index is 0.103. The van der Waals surface area contributed by atoms with Crippen molar-refractivity contribution in [2.75, 3.05) is 27.4 Å². The van der Waals surface area contributed by atoms with E-state index in [1.807, 2.05) is 36.4 Å². The van der Waals surface area contributed by atoms with E-state index in [9.17, 15) is 4.79 Å². The van der Waals surface area contributed by atoms with Gasteiger partial charge < -0.3 is 19.0 Å². The van der Waals surface area contributed by atoms with E-state index in [0.717, 1.165) is 5.75 Å². The smallest absolute Gasteiger partial charge is 0.360 e. The molecular weight excluding hydrogens is 286 g/mol. The van der Waals surface area contributed by atoms with Crippen LogP contribution in [0.1, 0.15) is 6.42 Å². The summed E-state index contributed by atoms with van der Waals surface area (Å²) in [6, 6.07) is 9.41. The average Bonchev–Trinajstić information content (AvgIpc) is 2.58. The van der Waals surface area contributed by atoms with E-state index >= 15 is 0 Å². The summed E-state index contributed by atoms with van der Waals surface area (Å²) in [6.07, 6.45) is 2.19. The van der Waals surface area contributed by atoms with E-state index in [1.165, 1.54) is 14.2 Å². The zero-order valence-corrected chi connectivity index (χ0v) is 12.7. The minimum atomic E-state index is -0.566. The van der Waals surface area contributed by atoms with Crippen molar-refractivity contribution in [1.29, 1.82) is 0 Å². The van der Waals surface area contributed by atoms with Crippen LogP contribution in [0.25, 0.3) is 0 Å². The number of nitrogens with zero attached hydrogens (tertiary/aromatic N) is 1. The quantitative estimate of drug-likeness (QED) is 0.456. The van der Waals surface area contributed by atoms with Gasteiger partial charge >= 0.3 is 5.97 Å². The fourth-order valence-corrected chi connectivity index (χ4v) is 2.12. The van der Waals surface area contributed by atoms with Gasteiger partial charge in [0.1, 0.15) is 25.6 Å². The highest BCUT2D eigenvalue weighted by Gasteiger charge is 2.29. The molecule has 0 amide bonds. The van der Waals surface area contributed by atoms with Crippen molar-refractivity contribution in [3.63, 3.8) is 0 Å². The topological polar surface area (TPSA) is 66.4 Å². The van der Waals surface area contributed by atoms with Gasteiger partial charge in [-0.15, -0.1) is 0 Å². The summed E-state index contributed by atoms with van der Waals surface area (Å²) < 4.78 is 16.1. The molecular formula is C16H19NO5. The van der Waals surface area contributed by atoms with Crippen LogP contribution < -0.4 is 4.74 Å². The van der Waals surface area contributed by atoms with Crippen LogP contribution in [0.15, 0.2) is 47.1 Å². The SMILES string of the molecule is CON=C(C(=O)OC)C1=CCCOC1COc1ccccc1. The maximum absolute atomic E-state index is 11.9. The molecule has 1 atom stereocenters. The molecule has 22 heavy (non-hydrogen) atoms. The normalized spacial score (nSPS) is 18.4. The van der Waals surface area contributed by atoms with Gasteiger partial charge in [-0.2, -0.15) is 0 Å². The Kier molecular flexibility index (Phi) is 5.97. The van der Waals surface area contributed by atoms with Gasteiger partial charge in [-0.05, 0) is 18.6 Å². The molecule has 1 aliphatic rings. The van der Waals surface area contributed by atoms with Crippen LogP contribution in [-0.2, 0) is 19.1 Å². The van der Waals surface area contributed by atoms with Crippen LogP contribution in [0.4, 0.5) is 0 Å². The monoisotopic (exact) mass is 305 g/mol. The number of methoxy groups -OCH3 is 1. The molecule has 118 valence electrons. The van der Waals surface area contributed by atoms with E-state index in [4.69, 9.17) is 19.0 Å². The second kappa shape index (κ2) is 8.19. The van der Waals surface area contributed by atoms with Crippen molar-refractivity contribution in [1.82, 2.24) is 0 Å². The standard InChI is InChI=1S/C16H19NO5/c1-19-16(18)15(17-20-2)13-9-6-10-21-14(13)11-22-12-7-4-3-5-8-12/h3-5,7-9,14H,6,10-11H2,1-2H3. The van der Waals surface area contributed by atoms with Gasteiger partial charge in [0.2, 0.25) is 0 Å². The molecule has 0 aromatic heterocycles. The van der Waals surface area contributed by atoms with Gasteiger partial charge in [0.05, 0.1) is 13.7 Å². The van der Waals surface area contributed by atoms with Gasteiger partial charge in [-0.25, -0.2) is 4.79 Å². The molecule has 1 aliphatic heterocycles. The molecule has 1 aromatic rings. The second-order valence-corrected chi connectivity index (χ2v) is 4.55. The lowest BCUT2D eigenvalue weighted by Gasteiger charge is -2.24. The van der Waals surface area contributed by atoms with Gasteiger partial charge in [-0.1, -0.05) is 29.4 Å². The highest BCUT2D eigenvalue weighted by molar-refractivity contribution is 6.43. The Morgan fingerprint density at radius 1 is 1.32 bits per heavy atom. The van der Waals surface area contributed by atoms with Gasteiger partial charge in [-0.3, -0.25) is 0 Å². The summed E-state index contributed by atoms with van der Waals surface area (Å²) >= 11 is 0. The molecule has 0 radical (unpaired) electrons. The molecule has 0 N–H and O–H groups in total. The lowest BCUT2D eigenvalue weighted by molar-refractivity contribution is -0.132. The summed E-state index contributed by atoms with van der Waals surface area (Å²) in [7, 11) is 2.68. The van der Waals surface area contributed by atoms with E-state index in [1.54, 1.807) is 0 Å².